The molecule has 0 radical (unpaired) electrons. The van der Waals surface area contributed by atoms with Gasteiger partial charge in [-0.15, -0.1) is 0 Å². The number of nitrogens with two attached hydrogens (primary N) is 1. The second kappa shape index (κ2) is 5.96. The van der Waals surface area contributed by atoms with Crippen molar-refractivity contribution in [2.45, 2.75) is 5.41 Å². The molecule has 30 heavy (non-hydrogen) atoms. The zero-order valence-corrected chi connectivity index (χ0v) is 16.1. The van der Waals surface area contributed by atoms with E-state index in [1.807, 2.05) is 0 Å². The number of carbonyl (C=O) groups excluding carboxylic acids is 2. The van der Waals surface area contributed by atoms with E-state index in [4.69, 9.17) is 19.6 Å². The molecule has 150 valence electrons. The first kappa shape index (κ1) is 18.0. The van der Waals surface area contributed by atoms with Crippen LogP contribution in [0.1, 0.15) is 11.1 Å². The minimum absolute atomic E-state index is 0.0158. The highest BCUT2D eigenvalue weighted by atomic mass is 16.5. The number of hydrogen-bond donors (Lipinski definition) is 1. The quantitative estimate of drug-likeness (QED) is 0.483. The van der Waals surface area contributed by atoms with Crippen molar-refractivity contribution in [3.8, 4) is 5.75 Å². The highest BCUT2D eigenvalue weighted by Crippen LogP contribution is 2.55. The summed E-state index contributed by atoms with van der Waals surface area (Å²) < 4.78 is 16.1. The Kier molecular flexibility index (Phi) is 3.58. The van der Waals surface area contributed by atoms with Crippen LogP contribution >= 0.6 is 0 Å². The molecule has 0 bridgehead atoms. The predicted molar refractivity (Wildman–Crippen MR) is 107 cm³/mol. The Bertz CT molecular complexity index is 1360. The summed E-state index contributed by atoms with van der Waals surface area (Å²) >= 11 is 0. The molecule has 1 spiro atoms. The van der Waals surface area contributed by atoms with Gasteiger partial charge in [-0.3, -0.25) is 0 Å². The largest absolute Gasteiger partial charge is 0.466 e. The van der Waals surface area contributed by atoms with Gasteiger partial charge in [0.1, 0.15) is 22.5 Å². The van der Waals surface area contributed by atoms with Crippen molar-refractivity contribution in [3.63, 3.8) is 0 Å². The van der Waals surface area contributed by atoms with Crippen molar-refractivity contribution in [1.29, 1.82) is 0 Å². The summed E-state index contributed by atoms with van der Waals surface area (Å²) in [6.45, 7) is 0. The number of anilines is 1. The van der Waals surface area contributed by atoms with Crippen LogP contribution in [0.25, 0.3) is 11.0 Å². The topological polar surface area (TPSA) is 112 Å². The lowest BCUT2D eigenvalue weighted by Crippen LogP contribution is -2.49. The van der Waals surface area contributed by atoms with Crippen LogP contribution in [0.15, 0.2) is 69.1 Å². The van der Waals surface area contributed by atoms with Crippen LogP contribution in [0.4, 0.5) is 5.69 Å². The van der Waals surface area contributed by atoms with Gasteiger partial charge < -0.3 is 24.5 Å². The lowest BCUT2D eigenvalue weighted by Gasteiger charge is -2.38. The number of rotatable bonds is 1. The second-order valence-corrected chi connectivity index (χ2v) is 7.06. The molecular weight excluding hydrogens is 388 g/mol. The van der Waals surface area contributed by atoms with E-state index in [1.54, 1.807) is 60.5 Å². The molecule has 1 aromatic heterocycles. The normalized spacial score (nSPS) is 19.7. The molecular formula is C22H16N2O6. The first-order valence-electron chi connectivity index (χ1n) is 9.13. The summed E-state index contributed by atoms with van der Waals surface area (Å²) in [4.78, 5) is 41.2. The Morgan fingerprint density at radius 1 is 1.10 bits per heavy atom. The van der Waals surface area contributed by atoms with Crippen molar-refractivity contribution in [2.24, 2.45) is 5.73 Å². The number of esters is 2. The maximum absolute atomic E-state index is 13.5. The standard InChI is InChI=1S/C22H16N2O6/c1-24-13-9-5-4-8-12(13)22(16(18(24)23)19(25)28-2)15-17(30-21(22)27)11-7-3-6-10-14(11)29-20(15)26/h3-10H,23H2,1-2H3/t22-/m1/s1. The Balaban J connectivity index is 2.01. The van der Waals surface area contributed by atoms with Crippen LogP contribution in [0.5, 0.6) is 5.75 Å². The highest BCUT2D eigenvalue weighted by molar-refractivity contribution is 6.12. The van der Waals surface area contributed by atoms with E-state index in [0.717, 1.165) is 0 Å². The molecule has 0 saturated carbocycles. The van der Waals surface area contributed by atoms with Gasteiger partial charge in [-0.2, -0.15) is 0 Å². The van der Waals surface area contributed by atoms with Gasteiger partial charge in [0, 0.05) is 18.3 Å². The van der Waals surface area contributed by atoms with Gasteiger partial charge in [-0.25, -0.2) is 14.4 Å². The lowest BCUT2D eigenvalue weighted by atomic mass is 9.67. The van der Waals surface area contributed by atoms with Crippen LogP contribution < -0.4 is 21.0 Å². The zero-order chi connectivity index (χ0) is 21.2. The van der Waals surface area contributed by atoms with Crippen LogP contribution in [0.2, 0.25) is 0 Å². The van der Waals surface area contributed by atoms with Crippen LogP contribution in [-0.2, 0) is 19.7 Å². The molecule has 3 aromatic rings. The van der Waals surface area contributed by atoms with Gasteiger partial charge in [0.15, 0.2) is 11.2 Å². The molecule has 2 N–H and O–H groups in total. The van der Waals surface area contributed by atoms with E-state index in [2.05, 4.69) is 0 Å². The maximum atomic E-state index is 13.5. The van der Waals surface area contributed by atoms with E-state index < -0.39 is 23.0 Å². The third-order valence-electron chi connectivity index (χ3n) is 5.69. The lowest BCUT2D eigenvalue weighted by molar-refractivity contribution is -0.142. The molecule has 0 amide bonds. The van der Waals surface area contributed by atoms with Gasteiger partial charge in [0.25, 0.3) is 0 Å². The molecule has 2 aliphatic rings. The van der Waals surface area contributed by atoms with Gasteiger partial charge in [-0.05, 0) is 18.2 Å². The highest BCUT2D eigenvalue weighted by Gasteiger charge is 2.62. The average molecular weight is 404 g/mol. The maximum Gasteiger partial charge on any atom is 0.345 e. The molecule has 3 heterocycles. The summed E-state index contributed by atoms with van der Waals surface area (Å²) in [6, 6.07) is 13.6. The van der Waals surface area contributed by atoms with Gasteiger partial charge in [0.2, 0.25) is 0 Å². The van der Waals surface area contributed by atoms with Crippen LogP contribution in [0.3, 0.4) is 0 Å². The summed E-state index contributed by atoms with van der Waals surface area (Å²) in [5.74, 6) is -1.62. The number of nitrogens with zero attached hydrogens (tertiary/aromatic N) is 1. The monoisotopic (exact) mass is 404 g/mol. The molecule has 8 nitrogen and oxygen atoms in total. The summed E-state index contributed by atoms with van der Waals surface area (Å²) in [7, 11) is 2.84. The SMILES string of the molecule is COC(=O)C1=C(N)N(C)c2ccccc2[C@]12C(=O)Oc1c2c(=O)oc2ccccc12. The van der Waals surface area contributed by atoms with Crippen LogP contribution in [-0.4, -0.2) is 26.1 Å². The minimum atomic E-state index is -1.90. The fourth-order valence-electron chi connectivity index (χ4n) is 4.36. The molecule has 0 fully saturated rings. The molecule has 2 aliphatic heterocycles. The van der Waals surface area contributed by atoms with Crippen molar-refractivity contribution < 1.29 is 23.5 Å². The second-order valence-electron chi connectivity index (χ2n) is 7.06. The average Bonchev–Trinajstić information content (AvgIpc) is 3.06. The molecule has 0 saturated heterocycles. The third-order valence-corrected chi connectivity index (χ3v) is 5.69. The first-order valence-corrected chi connectivity index (χ1v) is 9.13. The van der Waals surface area contributed by atoms with Crippen molar-refractivity contribution in [3.05, 3.63) is 81.5 Å². The molecule has 1 atom stereocenters. The number of hydrogen-bond acceptors (Lipinski definition) is 8. The van der Waals surface area contributed by atoms with E-state index in [0.29, 0.717) is 16.6 Å². The smallest absolute Gasteiger partial charge is 0.345 e. The number of carbonyl (C=O) groups is 2. The fraction of sp³-hybridized carbons (Fsp3) is 0.136. The van der Waals surface area contributed by atoms with E-state index in [1.165, 1.54) is 7.11 Å². The fourth-order valence-corrected chi connectivity index (χ4v) is 4.36. The summed E-state index contributed by atoms with van der Waals surface area (Å²) in [5.41, 5.74) is 4.56. The Hall–Kier alpha value is -4.07. The number of para-hydroxylation sites is 2. The number of fused-ring (bicyclic) bond motifs is 6. The Morgan fingerprint density at radius 3 is 2.57 bits per heavy atom. The molecule has 0 aliphatic carbocycles. The van der Waals surface area contributed by atoms with E-state index in [-0.39, 0.29) is 28.3 Å². The number of methoxy groups -OCH3 is 1. The Labute approximate surface area is 170 Å². The summed E-state index contributed by atoms with van der Waals surface area (Å²) in [6.07, 6.45) is 0. The van der Waals surface area contributed by atoms with Gasteiger partial charge >= 0.3 is 17.6 Å². The van der Waals surface area contributed by atoms with Crippen molar-refractivity contribution >= 4 is 28.6 Å². The van der Waals surface area contributed by atoms with Crippen molar-refractivity contribution in [2.75, 3.05) is 19.1 Å². The minimum Gasteiger partial charge on any atom is -0.466 e. The molecule has 2 aromatic carbocycles. The number of benzene rings is 2. The zero-order valence-electron chi connectivity index (χ0n) is 16.1. The van der Waals surface area contributed by atoms with E-state index in [9.17, 15) is 14.4 Å². The molecule has 5 rings (SSSR count). The van der Waals surface area contributed by atoms with Gasteiger partial charge in [-0.1, -0.05) is 30.3 Å². The van der Waals surface area contributed by atoms with E-state index >= 15 is 0 Å². The molecule has 0 unspecified atom stereocenters. The Morgan fingerprint density at radius 2 is 1.80 bits per heavy atom. The first-order chi connectivity index (χ1) is 14.4. The third kappa shape index (κ3) is 1.97. The number of ether oxygens (including phenoxy) is 2. The van der Waals surface area contributed by atoms with Crippen LogP contribution in [0, 0.1) is 0 Å². The predicted octanol–water partition coefficient (Wildman–Crippen LogP) is 1.79. The molecule has 8 heteroatoms. The summed E-state index contributed by atoms with van der Waals surface area (Å²) in [5, 5.41) is 0.441. The van der Waals surface area contributed by atoms with Gasteiger partial charge in [0.05, 0.1) is 12.5 Å². The van der Waals surface area contributed by atoms with Crippen molar-refractivity contribution in [1.82, 2.24) is 0 Å².